The van der Waals surface area contributed by atoms with Crippen LogP contribution in [0.4, 0.5) is 5.69 Å². The number of ether oxygens (including phenoxy) is 2. The molecule has 0 unspecified atom stereocenters. The molecule has 33 heavy (non-hydrogen) atoms. The fourth-order valence-corrected chi connectivity index (χ4v) is 3.60. The number of nitro benzene ring substituents is 1. The number of hydrogen-bond donors (Lipinski definition) is 1. The predicted molar refractivity (Wildman–Crippen MR) is 124 cm³/mol. The Labute approximate surface area is 191 Å². The largest absolute Gasteiger partial charge is 0.490 e. The molecular weight excluding hydrogens is 446 g/mol. The minimum atomic E-state index is -3.74. The Hall–Kier alpha value is -3.92. The van der Waals surface area contributed by atoms with E-state index in [4.69, 9.17) is 9.47 Å². The van der Waals surface area contributed by atoms with Crippen molar-refractivity contribution in [3.8, 4) is 11.5 Å². The van der Waals surface area contributed by atoms with E-state index in [-0.39, 0.29) is 23.8 Å². The molecule has 0 aromatic heterocycles. The minimum Gasteiger partial charge on any atom is -0.490 e. The molecule has 0 heterocycles. The summed E-state index contributed by atoms with van der Waals surface area (Å²) in [6.07, 6.45) is 0. The number of nitrogens with zero attached hydrogens (tertiary/aromatic N) is 2. The van der Waals surface area contributed by atoms with Gasteiger partial charge in [-0.25, -0.2) is 0 Å². The number of aryl methyl sites for hydroxylation is 1. The summed E-state index contributed by atoms with van der Waals surface area (Å²) in [5.41, 5.74) is 2.20. The van der Waals surface area contributed by atoms with Crippen LogP contribution in [0, 0.1) is 17.0 Å². The van der Waals surface area contributed by atoms with Crippen molar-refractivity contribution in [2.75, 3.05) is 13.2 Å². The first-order valence-corrected chi connectivity index (χ1v) is 11.5. The summed E-state index contributed by atoms with van der Waals surface area (Å²) in [6, 6.07) is 19.3. The summed E-state index contributed by atoms with van der Waals surface area (Å²) in [5.74, 6) is 1.12. The molecule has 0 fully saturated rings. The molecule has 0 aliphatic heterocycles. The molecule has 0 radical (unpaired) electrons. The van der Waals surface area contributed by atoms with Crippen LogP contribution in [0.15, 0.2) is 82.8 Å². The van der Waals surface area contributed by atoms with Gasteiger partial charge in [-0.15, -0.1) is 0 Å². The Balaban J connectivity index is 1.49. The van der Waals surface area contributed by atoms with E-state index in [0.29, 0.717) is 17.2 Å². The van der Waals surface area contributed by atoms with Crippen LogP contribution >= 0.6 is 0 Å². The fraction of sp³-hybridized carbons (Fsp3) is 0.174. The quantitative estimate of drug-likeness (QED) is 0.207. The van der Waals surface area contributed by atoms with E-state index in [0.717, 1.165) is 11.1 Å². The van der Waals surface area contributed by atoms with E-state index in [2.05, 4.69) is 9.93 Å². The molecule has 3 aromatic carbocycles. The van der Waals surface area contributed by atoms with Crippen molar-refractivity contribution in [2.45, 2.75) is 18.7 Å². The number of nitrogens with one attached hydrogen (secondary N) is 1. The van der Waals surface area contributed by atoms with Gasteiger partial charge < -0.3 is 9.47 Å². The second-order valence-corrected chi connectivity index (χ2v) is 8.74. The van der Waals surface area contributed by atoms with Crippen LogP contribution in [0.25, 0.3) is 0 Å². The number of hydrogen-bond acceptors (Lipinski definition) is 7. The molecule has 1 N–H and O–H groups in total. The maximum absolute atomic E-state index is 12.3. The SMILES string of the molecule is CC(=NNS(=O)(=O)c1ccc(C)cc1)c1ccc(OCCOc2ccc([N+](=O)[O-])cc2)cc1. The number of hydrazone groups is 1. The summed E-state index contributed by atoms with van der Waals surface area (Å²) in [4.78, 5) is 12.6. The van der Waals surface area contributed by atoms with Gasteiger partial charge in [0.25, 0.3) is 15.7 Å². The molecule has 3 rings (SSSR count). The highest BCUT2D eigenvalue weighted by molar-refractivity contribution is 7.89. The monoisotopic (exact) mass is 469 g/mol. The first-order chi connectivity index (χ1) is 15.7. The molecule has 0 bridgehead atoms. The van der Waals surface area contributed by atoms with E-state index in [1.54, 1.807) is 43.3 Å². The number of sulfonamides is 1. The summed E-state index contributed by atoms with van der Waals surface area (Å²) < 4.78 is 35.8. The van der Waals surface area contributed by atoms with Crippen molar-refractivity contribution in [3.63, 3.8) is 0 Å². The van der Waals surface area contributed by atoms with Crippen LogP contribution in [0.3, 0.4) is 0 Å². The smallest absolute Gasteiger partial charge is 0.276 e. The lowest BCUT2D eigenvalue weighted by Crippen LogP contribution is -2.20. The zero-order valence-electron chi connectivity index (χ0n) is 18.1. The Morgan fingerprint density at radius 3 is 1.94 bits per heavy atom. The van der Waals surface area contributed by atoms with Gasteiger partial charge in [0.2, 0.25) is 0 Å². The van der Waals surface area contributed by atoms with Crippen molar-refractivity contribution in [1.82, 2.24) is 4.83 Å². The molecule has 0 aliphatic carbocycles. The van der Waals surface area contributed by atoms with Gasteiger partial charge in [-0.05, 0) is 67.9 Å². The maximum atomic E-state index is 12.3. The fourth-order valence-electron chi connectivity index (χ4n) is 2.74. The summed E-state index contributed by atoms with van der Waals surface area (Å²) in [7, 11) is -3.74. The van der Waals surface area contributed by atoms with Crippen molar-refractivity contribution >= 4 is 21.4 Å². The van der Waals surface area contributed by atoms with Crippen LogP contribution in [0.2, 0.25) is 0 Å². The van der Waals surface area contributed by atoms with E-state index >= 15 is 0 Å². The lowest BCUT2D eigenvalue weighted by Gasteiger charge is -2.09. The average Bonchev–Trinajstić information content (AvgIpc) is 2.81. The van der Waals surface area contributed by atoms with Crippen molar-refractivity contribution < 1.29 is 22.8 Å². The zero-order chi connectivity index (χ0) is 23.8. The Morgan fingerprint density at radius 1 is 0.909 bits per heavy atom. The van der Waals surface area contributed by atoms with Gasteiger partial charge in [0.1, 0.15) is 24.7 Å². The van der Waals surface area contributed by atoms with E-state index < -0.39 is 14.9 Å². The van der Waals surface area contributed by atoms with Crippen molar-refractivity contribution in [3.05, 3.63) is 94.0 Å². The summed E-state index contributed by atoms with van der Waals surface area (Å²) in [6.45, 7) is 4.12. The van der Waals surface area contributed by atoms with Crippen LogP contribution in [-0.4, -0.2) is 32.3 Å². The topological polar surface area (TPSA) is 120 Å². The van der Waals surface area contributed by atoms with Gasteiger partial charge in [-0.1, -0.05) is 17.7 Å². The predicted octanol–water partition coefficient (Wildman–Crippen LogP) is 4.06. The van der Waals surface area contributed by atoms with Gasteiger partial charge in [-0.3, -0.25) is 10.1 Å². The van der Waals surface area contributed by atoms with E-state index in [1.807, 2.05) is 6.92 Å². The lowest BCUT2D eigenvalue weighted by molar-refractivity contribution is -0.384. The second kappa shape index (κ2) is 10.6. The molecule has 9 nitrogen and oxygen atoms in total. The molecule has 0 saturated carbocycles. The summed E-state index contributed by atoms with van der Waals surface area (Å²) in [5, 5.41) is 14.6. The molecule has 0 amide bonds. The molecule has 3 aromatic rings. The van der Waals surface area contributed by atoms with Gasteiger partial charge in [0, 0.05) is 12.1 Å². The molecular formula is C23H23N3O6S. The maximum Gasteiger partial charge on any atom is 0.276 e. The second-order valence-electron chi connectivity index (χ2n) is 7.08. The van der Waals surface area contributed by atoms with Crippen LogP contribution < -0.4 is 14.3 Å². The highest BCUT2D eigenvalue weighted by Crippen LogP contribution is 2.18. The van der Waals surface area contributed by atoms with E-state index in [1.165, 1.54) is 36.4 Å². The number of nitro groups is 1. The molecule has 0 spiro atoms. The number of benzene rings is 3. The van der Waals surface area contributed by atoms with Gasteiger partial charge in [0.05, 0.1) is 15.5 Å². The van der Waals surface area contributed by atoms with Crippen LogP contribution in [-0.2, 0) is 10.0 Å². The van der Waals surface area contributed by atoms with Crippen LogP contribution in [0.1, 0.15) is 18.1 Å². The first kappa shape index (κ1) is 23.7. The Kier molecular flexibility index (Phi) is 7.62. The van der Waals surface area contributed by atoms with Crippen molar-refractivity contribution in [2.24, 2.45) is 5.10 Å². The number of non-ortho nitro benzene ring substituents is 1. The third kappa shape index (κ3) is 6.78. The molecule has 0 atom stereocenters. The third-order valence-corrected chi connectivity index (χ3v) is 5.83. The number of rotatable bonds is 10. The highest BCUT2D eigenvalue weighted by Gasteiger charge is 2.12. The van der Waals surface area contributed by atoms with E-state index in [9.17, 15) is 18.5 Å². The highest BCUT2D eigenvalue weighted by atomic mass is 32.2. The van der Waals surface area contributed by atoms with Crippen molar-refractivity contribution in [1.29, 1.82) is 0 Å². The van der Waals surface area contributed by atoms with Gasteiger partial charge >= 0.3 is 0 Å². The van der Waals surface area contributed by atoms with Gasteiger partial charge in [0.15, 0.2) is 0 Å². The van der Waals surface area contributed by atoms with Gasteiger partial charge in [-0.2, -0.15) is 18.4 Å². The lowest BCUT2D eigenvalue weighted by atomic mass is 10.1. The summed E-state index contributed by atoms with van der Waals surface area (Å²) >= 11 is 0. The zero-order valence-corrected chi connectivity index (χ0v) is 18.9. The minimum absolute atomic E-state index is 0.000436. The Bertz CT molecular complexity index is 1220. The van der Waals surface area contributed by atoms with Crippen LogP contribution in [0.5, 0.6) is 11.5 Å². The average molecular weight is 470 g/mol. The Morgan fingerprint density at radius 2 is 1.42 bits per heavy atom. The molecule has 0 saturated heterocycles. The molecule has 172 valence electrons. The first-order valence-electron chi connectivity index (χ1n) is 9.98. The standard InChI is InChI=1S/C23H23N3O6S/c1-17-3-13-23(14-4-17)33(29,30)25-24-18(2)19-5-9-21(10-6-19)31-15-16-32-22-11-7-20(8-12-22)26(27)28/h3-14,25H,15-16H2,1-2H3. The third-order valence-electron chi connectivity index (χ3n) is 4.61. The molecule has 10 heteroatoms. The normalized spacial score (nSPS) is 11.6. The molecule has 0 aliphatic rings.